The Morgan fingerprint density at radius 2 is 2.14 bits per heavy atom. The molecule has 3 unspecified atom stereocenters. The van der Waals surface area contributed by atoms with Gasteiger partial charge < -0.3 is 22.1 Å². The molecule has 1 aliphatic rings. The van der Waals surface area contributed by atoms with Gasteiger partial charge in [-0.15, -0.1) is 0 Å². The summed E-state index contributed by atoms with van der Waals surface area (Å²) in [6.45, 7) is 0. The maximum Gasteiger partial charge on any atom is 0.254 e. The Morgan fingerprint density at radius 1 is 1.31 bits per heavy atom. The minimum atomic E-state index is -1.06. The van der Waals surface area contributed by atoms with Crippen molar-refractivity contribution < 1.29 is 9.18 Å². The third kappa shape index (κ3) is 3.70. The minimum Gasteiger partial charge on any atom is -0.365 e. The van der Waals surface area contributed by atoms with Gasteiger partial charge in [-0.25, -0.2) is 9.37 Å². The summed E-state index contributed by atoms with van der Waals surface area (Å²) in [7, 11) is 1.85. The molecule has 1 fully saturated rings. The van der Waals surface area contributed by atoms with Crippen LogP contribution in [-0.2, 0) is 7.05 Å². The van der Waals surface area contributed by atoms with Crippen molar-refractivity contribution >= 4 is 34.3 Å². The predicted molar refractivity (Wildman–Crippen MR) is 109 cm³/mol. The van der Waals surface area contributed by atoms with Gasteiger partial charge in [0.1, 0.15) is 17.6 Å². The topological polar surface area (TPSA) is 137 Å². The van der Waals surface area contributed by atoms with Crippen LogP contribution in [0.4, 0.5) is 21.8 Å². The monoisotopic (exact) mass is 398 g/mol. The Labute approximate surface area is 166 Å². The van der Waals surface area contributed by atoms with Gasteiger partial charge in [0.25, 0.3) is 5.91 Å². The molecule has 1 amide bonds. The van der Waals surface area contributed by atoms with Gasteiger partial charge in [-0.2, -0.15) is 10.1 Å². The molecule has 3 atom stereocenters. The highest BCUT2D eigenvalue weighted by molar-refractivity contribution is 6.00. The van der Waals surface area contributed by atoms with Crippen LogP contribution in [0.1, 0.15) is 29.6 Å². The molecule has 6 N–H and O–H groups in total. The number of amides is 1. The molecule has 0 spiro atoms. The van der Waals surface area contributed by atoms with E-state index in [9.17, 15) is 9.18 Å². The standard InChI is InChI=1S/C19H23FN8O/c1-28-15-7-3-5-13(10(15)9-24-28)25-18-11(17(22)29)8-23-19(27-18)26-14-6-2-4-12(20)16(14)21/h3,5,7-9,12,14,16H,2,4,6,21H2,1H3,(H2,22,29)(H2,23,25,26,27). The Balaban J connectivity index is 1.66. The number of aryl methyl sites for hydroxylation is 1. The molecule has 0 saturated heterocycles. The summed E-state index contributed by atoms with van der Waals surface area (Å²) < 4.78 is 15.7. The smallest absolute Gasteiger partial charge is 0.254 e. The number of primary amides is 1. The zero-order chi connectivity index (χ0) is 20.5. The quantitative estimate of drug-likeness (QED) is 0.514. The van der Waals surface area contributed by atoms with E-state index in [0.717, 1.165) is 29.4 Å². The average Bonchev–Trinajstić information content (AvgIpc) is 3.08. The van der Waals surface area contributed by atoms with E-state index in [1.54, 1.807) is 10.9 Å². The molecule has 1 aliphatic carbocycles. The van der Waals surface area contributed by atoms with E-state index in [2.05, 4.69) is 25.7 Å². The van der Waals surface area contributed by atoms with Gasteiger partial charge in [-0.1, -0.05) is 6.07 Å². The highest BCUT2D eigenvalue weighted by Crippen LogP contribution is 2.28. The van der Waals surface area contributed by atoms with Crippen molar-refractivity contribution in [1.82, 2.24) is 19.7 Å². The first kappa shape index (κ1) is 19.1. The van der Waals surface area contributed by atoms with Gasteiger partial charge in [0.15, 0.2) is 0 Å². The number of alkyl halides is 1. The van der Waals surface area contributed by atoms with Crippen molar-refractivity contribution in [3.05, 3.63) is 36.2 Å². The number of hydrogen-bond acceptors (Lipinski definition) is 7. The third-order valence-electron chi connectivity index (χ3n) is 5.29. The molecule has 2 heterocycles. The second kappa shape index (κ2) is 7.63. The second-order valence-corrected chi connectivity index (χ2v) is 7.23. The van der Waals surface area contributed by atoms with E-state index in [0.29, 0.717) is 6.42 Å². The molecular formula is C19H23FN8O. The molecule has 0 bridgehead atoms. The predicted octanol–water partition coefficient (Wildman–Crippen LogP) is 1.84. The zero-order valence-electron chi connectivity index (χ0n) is 16.0. The van der Waals surface area contributed by atoms with Crippen molar-refractivity contribution in [3.8, 4) is 0 Å². The number of nitrogens with zero attached hydrogens (tertiary/aromatic N) is 4. The number of rotatable bonds is 5. The van der Waals surface area contributed by atoms with Crippen molar-refractivity contribution in [2.24, 2.45) is 18.5 Å². The molecule has 1 aromatic carbocycles. The molecule has 152 valence electrons. The summed E-state index contributed by atoms with van der Waals surface area (Å²) in [5.41, 5.74) is 13.3. The van der Waals surface area contributed by atoms with E-state index in [-0.39, 0.29) is 23.4 Å². The number of nitrogens with one attached hydrogen (secondary N) is 2. The fourth-order valence-electron chi connectivity index (χ4n) is 3.64. The Kier molecular flexibility index (Phi) is 5.01. The number of hydrogen-bond donors (Lipinski definition) is 4. The highest BCUT2D eigenvalue weighted by atomic mass is 19.1. The van der Waals surface area contributed by atoms with Gasteiger partial charge in [-0.05, 0) is 31.4 Å². The number of fused-ring (bicyclic) bond motifs is 1. The highest BCUT2D eigenvalue weighted by Gasteiger charge is 2.31. The molecule has 0 radical (unpaired) electrons. The summed E-state index contributed by atoms with van der Waals surface area (Å²) >= 11 is 0. The molecule has 1 saturated carbocycles. The van der Waals surface area contributed by atoms with Gasteiger partial charge in [0.2, 0.25) is 5.95 Å². The Morgan fingerprint density at radius 3 is 2.93 bits per heavy atom. The van der Waals surface area contributed by atoms with Crippen LogP contribution in [0.2, 0.25) is 0 Å². The fraction of sp³-hybridized carbons (Fsp3) is 0.368. The Hall–Kier alpha value is -3.27. The lowest BCUT2D eigenvalue weighted by molar-refractivity contribution is 0.100. The van der Waals surface area contributed by atoms with Gasteiger partial charge >= 0.3 is 0 Å². The first-order chi connectivity index (χ1) is 13.9. The van der Waals surface area contributed by atoms with Crippen LogP contribution in [0.3, 0.4) is 0 Å². The van der Waals surface area contributed by atoms with Crippen LogP contribution in [0.25, 0.3) is 10.9 Å². The maximum atomic E-state index is 13.9. The number of carbonyl (C=O) groups is 1. The van der Waals surface area contributed by atoms with Crippen LogP contribution in [-0.4, -0.2) is 43.9 Å². The SMILES string of the molecule is Cn1ncc2c(Nc3nc(NC4CCCC(F)C4N)ncc3C(N)=O)cccc21. The summed E-state index contributed by atoms with van der Waals surface area (Å²) in [6.07, 6.45) is 3.94. The van der Waals surface area contributed by atoms with Crippen LogP contribution < -0.4 is 22.1 Å². The molecule has 9 nitrogen and oxygen atoms in total. The average molecular weight is 398 g/mol. The summed E-state index contributed by atoms with van der Waals surface area (Å²) in [5, 5.41) is 11.4. The Bertz CT molecular complexity index is 1050. The van der Waals surface area contributed by atoms with Crippen LogP contribution in [0.5, 0.6) is 0 Å². The minimum absolute atomic E-state index is 0.146. The molecule has 29 heavy (non-hydrogen) atoms. The van der Waals surface area contributed by atoms with Crippen molar-refractivity contribution in [1.29, 1.82) is 0 Å². The van der Waals surface area contributed by atoms with E-state index in [4.69, 9.17) is 11.5 Å². The van der Waals surface area contributed by atoms with Crippen molar-refractivity contribution in [3.63, 3.8) is 0 Å². The summed E-state index contributed by atoms with van der Waals surface area (Å²) in [5.74, 6) is -0.145. The lowest BCUT2D eigenvalue weighted by Crippen LogP contribution is -2.49. The van der Waals surface area contributed by atoms with E-state index in [1.165, 1.54) is 6.20 Å². The number of benzene rings is 1. The van der Waals surface area contributed by atoms with Gasteiger partial charge in [0.05, 0.1) is 23.4 Å². The van der Waals surface area contributed by atoms with Crippen molar-refractivity contribution in [2.45, 2.75) is 37.5 Å². The van der Waals surface area contributed by atoms with Crippen LogP contribution in [0.15, 0.2) is 30.6 Å². The zero-order valence-corrected chi connectivity index (χ0v) is 16.0. The number of carbonyl (C=O) groups excluding carboxylic acids is 1. The number of anilines is 3. The summed E-state index contributed by atoms with van der Waals surface area (Å²) in [4.78, 5) is 20.5. The molecule has 4 rings (SSSR count). The molecule has 0 aliphatic heterocycles. The largest absolute Gasteiger partial charge is 0.365 e. The number of nitrogens with two attached hydrogens (primary N) is 2. The first-order valence-corrected chi connectivity index (χ1v) is 9.45. The van der Waals surface area contributed by atoms with E-state index >= 15 is 0 Å². The molecule has 3 aromatic rings. The lowest BCUT2D eigenvalue weighted by Gasteiger charge is -2.32. The van der Waals surface area contributed by atoms with Crippen LogP contribution >= 0.6 is 0 Å². The number of aromatic nitrogens is 4. The molecule has 2 aromatic heterocycles. The number of halogens is 1. The van der Waals surface area contributed by atoms with Crippen LogP contribution in [0, 0.1) is 0 Å². The van der Waals surface area contributed by atoms with Gasteiger partial charge in [-0.3, -0.25) is 9.48 Å². The van der Waals surface area contributed by atoms with Gasteiger partial charge in [0, 0.05) is 24.7 Å². The fourth-order valence-corrected chi connectivity index (χ4v) is 3.64. The second-order valence-electron chi connectivity index (χ2n) is 7.23. The van der Waals surface area contributed by atoms with E-state index < -0.39 is 18.1 Å². The lowest BCUT2D eigenvalue weighted by atomic mass is 9.89. The normalized spacial score (nSPS) is 21.8. The summed E-state index contributed by atoms with van der Waals surface area (Å²) in [6, 6.07) is 4.75. The maximum absolute atomic E-state index is 13.9. The molecular weight excluding hydrogens is 375 g/mol. The third-order valence-corrected chi connectivity index (χ3v) is 5.29. The van der Waals surface area contributed by atoms with Crippen molar-refractivity contribution in [2.75, 3.05) is 10.6 Å². The first-order valence-electron chi connectivity index (χ1n) is 9.45. The van der Waals surface area contributed by atoms with E-state index in [1.807, 2.05) is 25.2 Å². The molecule has 10 heteroatoms.